The van der Waals surface area contributed by atoms with Gasteiger partial charge in [0.2, 0.25) is 0 Å². The van der Waals surface area contributed by atoms with Crippen molar-refractivity contribution in [2.75, 3.05) is 5.32 Å². The second-order valence-corrected chi connectivity index (χ2v) is 3.46. The van der Waals surface area contributed by atoms with E-state index in [4.69, 9.17) is 6.42 Å². The number of terminal acetylenes is 1. The third-order valence-electron chi connectivity index (χ3n) is 1.46. The van der Waals surface area contributed by atoms with Crippen LogP contribution in [0.25, 0.3) is 0 Å². The number of halogens is 1. The maximum absolute atomic E-state index is 5.23. The third kappa shape index (κ3) is 2.60. The highest BCUT2D eigenvalue weighted by Crippen LogP contribution is 2.15. The smallest absolute Gasteiger partial charge is 0.0845 e. The average Bonchev–Trinajstić information content (AvgIpc) is 2.04. The van der Waals surface area contributed by atoms with Gasteiger partial charge < -0.3 is 5.32 Å². The highest BCUT2D eigenvalue weighted by atomic mass is 79.9. The van der Waals surface area contributed by atoms with Crippen molar-refractivity contribution in [2.24, 2.45) is 0 Å². The number of hydrogen-bond acceptors (Lipinski definition) is 1. The highest BCUT2D eigenvalue weighted by molar-refractivity contribution is 9.10. The number of anilines is 1. The summed E-state index contributed by atoms with van der Waals surface area (Å²) >= 11 is 3.38. The Balaban J connectivity index is 2.71. The molecule has 0 spiro atoms. The largest absolute Gasteiger partial charge is 0.372 e. The Morgan fingerprint density at radius 3 is 2.92 bits per heavy atom. The van der Waals surface area contributed by atoms with Gasteiger partial charge in [-0.25, -0.2) is 0 Å². The van der Waals surface area contributed by atoms with Crippen molar-refractivity contribution in [3.8, 4) is 12.3 Å². The minimum Gasteiger partial charge on any atom is -0.372 e. The van der Waals surface area contributed by atoms with Gasteiger partial charge in [0.05, 0.1) is 6.04 Å². The molecule has 0 saturated heterocycles. The van der Waals surface area contributed by atoms with Crippen molar-refractivity contribution >= 4 is 21.6 Å². The van der Waals surface area contributed by atoms with Gasteiger partial charge in [-0.05, 0) is 25.1 Å². The predicted molar refractivity (Wildman–Crippen MR) is 56.1 cm³/mol. The second-order valence-electron chi connectivity index (χ2n) is 2.54. The molecule has 1 aromatic carbocycles. The molecule has 1 N–H and O–H groups in total. The molecule has 0 fully saturated rings. The van der Waals surface area contributed by atoms with E-state index in [1.54, 1.807) is 0 Å². The number of hydrogen-bond donors (Lipinski definition) is 1. The molecule has 1 nitrogen and oxygen atoms in total. The lowest BCUT2D eigenvalue weighted by Gasteiger charge is -2.08. The molecule has 62 valence electrons. The topological polar surface area (TPSA) is 12.0 Å². The molecule has 2 heteroatoms. The zero-order chi connectivity index (χ0) is 8.97. The summed E-state index contributed by atoms with van der Waals surface area (Å²) in [7, 11) is 0. The molecule has 1 rings (SSSR count). The average molecular weight is 224 g/mol. The Kier molecular flexibility index (Phi) is 3.19. The Bertz CT molecular complexity index is 301. The normalized spacial score (nSPS) is 11.8. The number of nitrogens with one attached hydrogen (secondary N) is 1. The summed E-state index contributed by atoms with van der Waals surface area (Å²) in [5.74, 6) is 2.61. The Morgan fingerprint density at radius 2 is 2.33 bits per heavy atom. The Morgan fingerprint density at radius 1 is 1.58 bits per heavy atom. The fraction of sp³-hybridized carbons (Fsp3) is 0.200. The molecule has 0 heterocycles. The van der Waals surface area contributed by atoms with Gasteiger partial charge in [-0.3, -0.25) is 0 Å². The van der Waals surface area contributed by atoms with Crippen molar-refractivity contribution < 1.29 is 0 Å². The lowest BCUT2D eigenvalue weighted by Crippen LogP contribution is -2.11. The van der Waals surface area contributed by atoms with Gasteiger partial charge in [0.1, 0.15) is 0 Å². The molecule has 0 bridgehead atoms. The summed E-state index contributed by atoms with van der Waals surface area (Å²) in [6.07, 6.45) is 5.23. The highest BCUT2D eigenvalue weighted by Gasteiger charge is 1.96. The molecular weight excluding hydrogens is 214 g/mol. The van der Waals surface area contributed by atoms with E-state index in [1.165, 1.54) is 0 Å². The Hall–Kier alpha value is -0.940. The van der Waals surface area contributed by atoms with E-state index in [2.05, 4.69) is 27.2 Å². The van der Waals surface area contributed by atoms with Crippen molar-refractivity contribution in [3.63, 3.8) is 0 Å². The molecule has 12 heavy (non-hydrogen) atoms. The van der Waals surface area contributed by atoms with Crippen LogP contribution in [0.3, 0.4) is 0 Å². The summed E-state index contributed by atoms with van der Waals surface area (Å²) < 4.78 is 1.05. The van der Waals surface area contributed by atoms with Crippen LogP contribution in [0.2, 0.25) is 0 Å². The SMILES string of the molecule is C#CC(C)Nc1cccc(Br)c1. The molecule has 1 unspecified atom stereocenters. The van der Waals surface area contributed by atoms with Gasteiger partial charge in [0.25, 0.3) is 0 Å². The maximum Gasteiger partial charge on any atom is 0.0845 e. The number of benzene rings is 1. The summed E-state index contributed by atoms with van der Waals surface area (Å²) in [6, 6.07) is 7.99. The van der Waals surface area contributed by atoms with E-state index in [1.807, 2.05) is 31.2 Å². The van der Waals surface area contributed by atoms with Crippen LogP contribution in [0.4, 0.5) is 5.69 Å². The predicted octanol–water partition coefficient (Wildman–Crippen LogP) is 2.88. The van der Waals surface area contributed by atoms with Crippen molar-refractivity contribution in [1.82, 2.24) is 0 Å². The van der Waals surface area contributed by atoms with Crippen molar-refractivity contribution in [3.05, 3.63) is 28.7 Å². The summed E-state index contributed by atoms with van der Waals surface area (Å²) in [6.45, 7) is 1.95. The van der Waals surface area contributed by atoms with Crippen LogP contribution >= 0.6 is 15.9 Å². The van der Waals surface area contributed by atoms with E-state index in [-0.39, 0.29) is 6.04 Å². The lowest BCUT2D eigenvalue weighted by molar-refractivity contribution is 1.04. The second kappa shape index (κ2) is 4.18. The fourth-order valence-electron chi connectivity index (χ4n) is 0.870. The summed E-state index contributed by atoms with van der Waals surface area (Å²) in [4.78, 5) is 0. The van der Waals surface area contributed by atoms with Crippen molar-refractivity contribution in [1.29, 1.82) is 0 Å². The van der Waals surface area contributed by atoms with E-state index >= 15 is 0 Å². The lowest BCUT2D eigenvalue weighted by atomic mass is 10.3. The zero-order valence-corrected chi connectivity index (χ0v) is 8.43. The van der Waals surface area contributed by atoms with Crippen LogP contribution in [0.1, 0.15) is 6.92 Å². The fourth-order valence-corrected chi connectivity index (χ4v) is 1.27. The molecule has 0 aliphatic heterocycles. The van der Waals surface area contributed by atoms with Crippen LogP contribution in [0, 0.1) is 12.3 Å². The Labute approximate surface area is 81.3 Å². The van der Waals surface area contributed by atoms with Crippen LogP contribution < -0.4 is 5.32 Å². The van der Waals surface area contributed by atoms with Gasteiger partial charge in [-0.2, -0.15) is 0 Å². The molecular formula is C10H10BrN. The molecule has 1 aromatic rings. The standard InChI is InChI=1S/C10H10BrN/c1-3-8(2)12-10-6-4-5-9(11)7-10/h1,4-8,12H,2H3. The molecule has 0 radical (unpaired) electrons. The van der Waals surface area contributed by atoms with Crippen LogP contribution in [0.15, 0.2) is 28.7 Å². The van der Waals surface area contributed by atoms with Gasteiger partial charge in [0, 0.05) is 10.2 Å². The first-order chi connectivity index (χ1) is 5.72. The van der Waals surface area contributed by atoms with Crippen LogP contribution in [0.5, 0.6) is 0 Å². The minimum atomic E-state index is 0.0688. The first kappa shape index (κ1) is 9.15. The third-order valence-corrected chi connectivity index (χ3v) is 1.95. The van der Waals surface area contributed by atoms with Gasteiger partial charge in [0.15, 0.2) is 0 Å². The van der Waals surface area contributed by atoms with Gasteiger partial charge in [-0.15, -0.1) is 6.42 Å². The zero-order valence-electron chi connectivity index (χ0n) is 6.84. The van der Waals surface area contributed by atoms with E-state index in [0.717, 1.165) is 10.2 Å². The van der Waals surface area contributed by atoms with Gasteiger partial charge in [-0.1, -0.05) is 27.9 Å². The molecule has 1 atom stereocenters. The van der Waals surface area contributed by atoms with E-state index < -0.39 is 0 Å². The van der Waals surface area contributed by atoms with E-state index in [9.17, 15) is 0 Å². The molecule has 0 saturated carbocycles. The number of rotatable bonds is 2. The summed E-state index contributed by atoms with van der Waals surface area (Å²) in [5.41, 5.74) is 1.04. The molecule has 0 amide bonds. The van der Waals surface area contributed by atoms with E-state index in [0.29, 0.717) is 0 Å². The molecule has 0 aliphatic rings. The van der Waals surface area contributed by atoms with Crippen LogP contribution in [-0.2, 0) is 0 Å². The minimum absolute atomic E-state index is 0.0688. The first-order valence-electron chi connectivity index (χ1n) is 3.70. The molecule has 0 aliphatic carbocycles. The van der Waals surface area contributed by atoms with Crippen LogP contribution in [-0.4, -0.2) is 6.04 Å². The monoisotopic (exact) mass is 223 g/mol. The van der Waals surface area contributed by atoms with Crippen molar-refractivity contribution in [2.45, 2.75) is 13.0 Å². The first-order valence-corrected chi connectivity index (χ1v) is 4.50. The summed E-state index contributed by atoms with van der Waals surface area (Å²) in [5, 5.41) is 3.17. The maximum atomic E-state index is 5.23. The quantitative estimate of drug-likeness (QED) is 0.761. The van der Waals surface area contributed by atoms with Gasteiger partial charge >= 0.3 is 0 Å². The molecule has 0 aromatic heterocycles.